The molecular formula is C17H18N2S. The third kappa shape index (κ3) is 2.60. The Kier molecular flexibility index (Phi) is 3.55. The highest BCUT2D eigenvalue weighted by Gasteiger charge is 2.12. The van der Waals surface area contributed by atoms with Gasteiger partial charge in [0.25, 0.3) is 0 Å². The van der Waals surface area contributed by atoms with Gasteiger partial charge in [-0.2, -0.15) is 0 Å². The van der Waals surface area contributed by atoms with Crippen LogP contribution in [0.5, 0.6) is 0 Å². The monoisotopic (exact) mass is 282 g/mol. The minimum absolute atomic E-state index is 0.0103. The van der Waals surface area contributed by atoms with Crippen LogP contribution in [0.3, 0.4) is 0 Å². The fourth-order valence-electron chi connectivity index (χ4n) is 2.55. The van der Waals surface area contributed by atoms with Crippen molar-refractivity contribution in [2.45, 2.75) is 26.3 Å². The molecule has 2 aromatic carbocycles. The van der Waals surface area contributed by atoms with E-state index in [1.54, 1.807) is 11.3 Å². The van der Waals surface area contributed by atoms with E-state index < -0.39 is 0 Å². The summed E-state index contributed by atoms with van der Waals surface area (Å²) in [5.74, 6) is 0. The van der Waals surface area contributed by atoms with Crippen molar-refractivity contribution in [2.24, 2.45) is 5.73 Å². The first-order chi connectivity index (χ1) is 9.63. The van der Waals surface area contributed by atoms with Gasteiger partial charge in [0, 0.05) is 12.5 Å². The Bertz CT molecular complexity index is 713. The summed E-state index contributed by atoms with van der Waals surface area (Å²) >= 11 is 1.74. The lowest BCUT2D eigenvalue weighted by molar-refractivity contribution is 0.714. The highest BCUT2D eigenvalue weighted by atomic mass is 32.1. The number of hydrogen-bond acceptors (Lipinski definition) is 3. The van der Waals surface area contributed by atoms with E-state index in [1.165, 1.54) is 21.4 Å². The maximum absolute atomic E-state index is 6.37. The Morgan fingerprint density at radius 3 is 2.70 bits per heavy atom. The van der Waals surface area contributed by atoms with E-state index in [2.05, 4.69) is 49.2 Å². The lowest BCUT2D eigenvalue weighted by Gasteiger charge is -2.14. The van der Waals surface area contributed by atoms with E-state index >= 15 is 0 Å². The molecule has 0 aliphatic carbocycles. The van der Waals surface area contributed by atoms with Gasteiger partial charge >= 0.3 is 0 Å². The summed E-state index contributed by atoms with van der Waals surface area (Å²) in [6, 6.07) is 14.7. The fraction of sp³-hybridized carbons (Fsp3) is 0.235. The molecule has 0 radical (unpaired) electrons. The molecule has 3 rings (SSSR count). The van der Waals surface area contributed by atoms with Gasteiger partial charge in [-0.25, -0.2) is 4.98 Å². The Labute approximate surface area is 123 Å². The number of aromatic nitrogens is 1. The Balaban J connectivity index is 1.86. The van der Waals surface area contributed by atoms with Crippen LogP contribution in [0, 0.1) is 13.8 Å². The number of benzene rings is 2. The number of fused-ring (bicyclic) bond motifs is 1. The molecule has 0 spiro atoms. The van der Waals surface area contributed by atoms with Crippen molar-refractivity contribution < 1.29 is 0 Å². The van der Waals surface area contributed by atoms with Gasteiger partial charge in [-0.05, 0) is 37.1 Å². The van der Waals surface area contributed by atoms with Gasteiger partial charge in [0.2, 0.25) is 0 Å². The minimum Gasteiger partial charge on any atom is -0.324 e. The third-order valence-corrected chi connectivity index (χ3v) is 4.62. The molecule has 0 aliphatic rings. The molecule has 1 aromatic heterocycles. The topological polar surface area (TPSA) is 38.9 Å². The molecule has 0 saturated carbocycles. The van der Waals surface area contributed by atoms with Crippen LogP contribution in [0.4, 0.5) is 0 Å². The largest absolute Gasteiger partial charge is 0.324 e. The van der Waals surface area contributed by atoms with Crippen molar-refractivity contribution in [3.63, 3.8) is 0 Å². The number of hydrogen-bond donors (Lipinski definition) is 1. The minimum atomic E-state index is 0.0103. The molecule has 0 amide bonds. The molecule has 20 heavy (non-hydrogen) atoms. The number of rotatable bonds is 3. The molecule has 0 saturated heterocycles. The predicted molar refractivity (Wildman–Crippen MR) is 86.2 cm³/mol. The molecule has 1 atom stereocenters. The predicted octanol–water partition coefficient (Wildman–Crippen LogP) is 4.16. The summed E-state index contributed by atoms with van der Waals surface area (Å²) < 4.78 is 1.23. The molecule has 1 heterocycles. The molecule has 2 nitrogen and oxygen atoms in total. The smallest absolute Gasteiger partial charge is 0.0957 e. The van der Waals surface area contributed by atoms with Gasteiger partial charge in [0.15, 0.2) is 0 Å². The number of aryl methyl sites for hydroxylation is 2. The van der Waals surface area contributed by atoms with Crippen LogP contribution in [-0.2, 0) is 6.42 Å². The molecular weight excluding hydrogens is 264 g/mol. The number of nitrogens with two attached hydrogens (primary N) is 1. The number of thiazole rings is 1. The molecule has 1 unspecified atom stereocenters. The number of nitrogens with zero attached hydrogens (tertiary/aromatic N) is 1. The average Bonchev–Trinajstić information content (AvgIpc) is 2.80. The standard InChI is InChI=1S/C17H18N2S/c1-11-7-8-13(12(2)9-11)14(18)10-17-19-15-5-3-4-6-16(15)20-17/h3-9,14H,10,18H2,1-2H3. The molecule has 3 heteroatoms. The summed E-state index contributed by atoms with van der Waals surface area (Å²) in [5, 5.41) is 1.11. The van der Waals surface area contributed by atoms with Crippen molar-refractivity contribution in [2.75, 3.05) is 0 Å². The lowest BCUT2D eigenvalue weighted by atomic mass is 9.98. The van der Waals surface area contributed by atoms with E-state index in [9.17, 15) is 0 Å². The van der Waals surface area contributed by atoms with Crippen molar-refractivity contribution in [1.82, 2.24) is 4.98 Å². The normalized spacial score (nSPS) is 12.8. The van der Waals surface area contributed by atoms with Crippen molar-refractivity contribution in [3.8, 4) is 0 Å². The second-order valence-electron chi connectivity index (χ2n) is 5.25. The maximum Gasteiger partial charge on any atom is 0.0957 e. The van der Waals surface area contributed by atoms with Crippen molar-refractivity contribution >= 4 is 21.6 Å². The van der Waals surface area contributed by atoms with Crippen LogP contribution in [0.15, 0.2) is 42.5 Å². The second kappa shape index (κ2) is 5.35. The summed E-state index contributed by atoms with van der Waals surface area (Å²) in [6.45, 7) is 4.23. The average molecular weight is 282 g/mol. The SMILES string of the molecule is Cc1ccc(C(N)Cc2nc3ccccc3s2)c(C)c1. The zero-order valence-corrected chi connectivity index (χ0v) is 12.6. The first-order valence-corrected chi connectivity index (χ1v) is 7.62. The van der Waals surface area contributed by atoms with Crippen LogP contribution in [0.25, 0.3) is 10.2 Å². The lowest BCUT2D eigenvalue weighted by Crippen LogP contribution is -2.14. The van der Waals surface area contributed by atoms with E-state index in [-0.39, 0.29) is 6.04 Å². The van der Waals surface area contributed by atoms with Gasteiger partial charge < -0.3 is 5.73 Å². The summed E-state index contributed by atoms with van der Waals surface area (Å²) in [5.41, 5.74) is 11.2. The maximum atomic E-state index is 6.37. The first kappa shape index (κ1) is 13.3. The Morgan fingerprint density at radius 1 is 1.15 bits per heavy atom. The molecule has 0 aliphatic heterocycles. The van der Waals surface area contributed by atoms with Crippen molar-refractivity contribution in [3.05, 3.63) is 64.2 Å². The van der Waals surface area contributed by atoms with Gasteiger partial charge in [0.05, 0.1) is 15.2 Å². The van der Waals surface area contributed by atoms with Crippen LogP contribution in [0.1, 0.15) is 27.7 Å². The van der Waals surface area contributed by atoms with Crippen molar-refractivity contribution in [1.29, 1.82) is 0 Å². The van der Waals surface area contributed by atoms with Gasteiger partial charge in [0.1, 0.15) is 0 Å². The zero-order valence-electron chi connectivity index (χ0n) is 11.8. The molecule has 3 aromatic rings. The van der Waals surface area contributed by atoms with Gasteiger partial charge in [-0.1, -0.05) is 35.9 Å². The van der Waals surface area contributed by atoms with Crippen LogP contribution >= 0.6 is 11.3 Å². The van der Waals surface area contributed by atoms with Gasteiger partial charge in [-0.3, -0.25) is 0 Å². The zero-order chi connectivity index (χ0) is 14.1. The molecule has 2 N–H and O–H groups in total. The summed E-state index contributed by atoms with van der Waals surface area (Å²) in [4.78, 5) is 4.66. The van der Waals surface area contributed by atoms with E-state index in [0.717, 1.165) is 16.9 Å². The van der Waals surface area contributed by atoms with Crippen LogP contribution < -0.4 is 5.73 Å². The molecule has 102 valence electrons. The fourth-order valence-corrected chi connectivity index (χ4v) is 3.57. The highest BCUT2D eigenvalue weighted by Crippen LogP contribution is 2.26. The van der Waals surface area contributed by atoms with E-state index in [4.69, 9.17) is 5.73 Å². The molecule has 0 bridgehead atoms. The Morgan fingerprint density at radius 2 is 1.95 bits per heavy atom. The molecule has 0 fully saturated rings. The Hall–Kier alpha value is -1.71. The van der Waals surface area contributed by atoms with Crippen LogP contribution in [0.2, 0.25) is 0 Å². The summed E-state index contributed by atoms with van der Waals surface area (Å²) in [6.07, 6.45) is 0.795. The van der Waals surface area contributed by atoms with Gasteiger partial charge in [-0.15, -0.1) is 11.3 Å². The summed E-state index contributed by atoms with van der Waals surface area (Å²) in [7, 11) is 0. The van der Waals surface area contributed by atoms with E-state index in [0.29, 0.717) is 0 Å². The highest BCUT2D eigenvalue weighted by molar-refractivity contribution is 7.18. The quantitative estimate of drug-likeness (QED) is 0.783. The number of para-hydroxylation sites is 1. The third-order valence-electron chi connectivity index (χ3n) is 3.56. The van der Waals surface area contributed by atoms with Crippen LogP contribution in [-0.4, -0.2) is 4.98 Å². The van der Waals surface area contributed by atoms with E-state index in [1.807, 2.05) is 12.1 Å². The second-order valence-corrected chi connectivity index (χ2v) is 6.36. The first-order valence-electron chi connectivity index (χ1n) is 6.80.